The van der Waals surface area contributed by atoms with Crippen molar-refractivity contribution in [2.75, 3.05) is 18.8 Å². The Balaban J connectivity index is 1.50. The molecule has 0 unspecified atom stereocenters. The molecule has 3 rings (SSSR count). The van der Waals surface area contributed by atoms with Crippen molar-refractivity contribution in [3.05, 3.63) is 75.8 Å². The standard InChI is InChI=1S/C20H18ClN3O5S2/c21-17-8-1-4-14-5-2-9-18(20(14)17)30-13-19(25)22-10-11-23-31(28,29)16-7-3-6-15(12-16)24(26)27/h1-9,12,23H,10-11,13H2,(H,22,25). The molecule has 31 heavy (non-hydrogen) atoms. The van der Waals surface area contributed by atoms with E-state index in [1.807, 2.05) is 30.3 Å². The second-order valence-corrected chi connectivity index (χ2v) is 9.58. The lowest BCUT2D eigenvalue weighted by molar-refractivity contribution is -0.385. The van der Waals surface area contributed by atoms with Gasteiger partial charge in [-0.2, -0.15) is 0 Å². The predicted octanol–water partition coefficient (Wildman–Crippen LogP) is 3.59. The van der Waals surface area contributed by atoms with Gasteiger partial charge in [0, 0.05) is 40.5 Å². The van der Waals surface area contributed by atoms with Crippen molar-refractivity contribution in [1.29, 1.82) is 0 Å². The summed E-state index contributed by atoms with van der Waals surface area (Å²) in [6.45, 7) is 0.0192. The van der Waals surface area contributed by atoms with Crippen molar-refractivity contribution >= 4 is 55.8 Å². The van der Waals surface area contributed by atoms with Crippen LogP contribution in [0.5, 0.6) is 0 Å². The van der Waals surface area contributed by atoms with Crippen LogP contribution in [0.15, 0.2) is 70.5 Å². The summed E-state index contributed by atoms with van der Waals surface area (Å²) in [5, 5.41) is 15.9. The van der Waals surface area contributed by atoms with E-state index in [0.717, 1.165) is 21.7 Å². The zero-order valence-electron chi connectivity index (χ0n) is 16.1. The molecular formula is C20H18ClN3O5S2. The first-order valence-corrected chi connectivity index (χ1v) is 11.9. The number of nitro benzene ring substituents is 1. The van der Waals surface area contributed by atoms with Gasteiger partial charge in [-0.15, -0.1) is 11.8 Å². The van der Waals surface area contributed by atoms with Crippen LogP contribution in [0, 0.1) is 10.1 Å². The molecule has 0 saturated heterocycles. The average Bonchev–Trinajstić information content (AvgIpc) is 2.75. The molecule has 1 amide bonds. The Morgan fingerprint density at radius 2 is 1.77 bits per heavy atom. The van der Waals surface area contributed by atoms with E-state index in [0.29, 0.717) is 5.02 Å². The summed E-state index contributed by atoms with van der Waals surface area (Å²) in [4.78, 5) is 22.9. The summed E-state index contributed by atoms with van der Waals surface area (Å²) in [7, 11) is -3.92. The van der Waals surface area contributed by atoms with E-state index in [1.54, 1.807) is 6.07 Å². The van der Waals surface area contributed by atoms with Gasteiger partial charge < -0.3 is 5.32 Å². The number of hydrogen-bond donors (Lipinski definition) is 2. The maximum Gasteiger partial charge on any atom is 0.270 e. The molecule has 0 saturated carbocycles. The molecule has 2 N–H and O–H groups in total. The van der Waals surface area contributed by atoms with Crippen molar-refractivity contribution in [2.24, 2.45) is 0 Å². The number of non-ortho nitro benzene ring substituents is 1. The summed E-state index contributed by atoms with van der Waals surface area (Å²) in [5.74, 6) is -0.120. The predicted molar refractivity (Wildman–Crippen MR) is 121 cm³/mol. The average molecular weight is 480 g/mol. The van der Waals surface area contributed by atoms with Crippen molar-refractivity contribution in [1.82, 2.24) is 10.0 Å². The van der Waals surface area contributed by atoms with Crippen LogP contribution in [0.4, 0.5) is 5.69 Å². The highest BCUT2D eigenvalue weighted by molar-refractivity contribution is 8.00. The van der Waals surface area contributed by atoms with Crippen LogP contribution >= 0.6 is 23.4 Å². The number of carbonyl (C=O) groups excluding carboxylic acids is 1. The van der Waals surface area contributed by atoms with Crippen LogP contribution in [0.2, 0.25) is 5.02 Å². The molecule has 0 bridgehead atoms. The normalized spacial score (nSPS) is 11.4. The van der Waals surface area contributed by atoms with Gasteiger partial charge in [-0.3, -0.25) is 14.9 Å². The lowest BCUT2D eigenvalue weighted by Gasteiger charge is -2.09. The van der Waals surface area contributed by atoms with E-state index in [9.17, 15) is 23.3 Å². The molecule has 3 aromatic carbocycles. The van der Waals surface area contributed by atoms with E-state index in [2.05, 4.69) is 10.0 Å². The molecule has 0 radical (unpaired) electrons. The van der Waals surface area contributed by atoms with Crippen LogP contribution in [-0.4, -0.2) is 38.1 Å². The minimum Gasteiger partial charge on any atom is -0.354 e. The lowest BCUT2D eigenvalue weighted by Crippen LogP contribution is -2.35. The Labute approximate surface area is 188 Å². The summed E-state index contributed by atoms with van der Waals surface area (Å²) in [5.41, 5.74) is -0.318. The SMILES string of the molecule is O=C(CSc1cccc2cccc(Cl)c12)NCCNS(=O)(=O)c1cccc([N+](=O)[O-])c1. The number of halogens is 1. The molecule has 11 heteroatoms. The van der Waals surface area contributed by atoms with Crippen LogP contribution in [-0.2, 0) is 14.8 Å². The number of nitrogens with zero attached hydrogens (tertiary/aromatic N) is 1. The van der Waals surface area contributed by atoms with Gasteiger partial charge in [-0.05, 0) is 23.6 Å². The number of thioether (sulfide) groups is 1. The smallest absolute Gasteiger partial charge is 0.270 e. The van der Waals surface area contributed by atoms with Gasteiger partial charge in [0.05, 0.1) is 15.6 Å². The molecule has 0 aliphatic rings. The Morgan fingerprint density at radius 1 is 1.06 bits per heavy atom. The summed E-state index contributed by atoms with van der Waals surface area (Å²) in [6.07, 6.45) is 0. The monoisotopic (exact) mass is 479 g/mol. The first-order valence-electron chi connectivity index (χ1n) is 9.09. The number of nitrogens with one attached hydrogen (secondary N) is 2. The van der Waals surface area contributed by atoms with E-state index in [-0.39, 0.29) is 35.3 Å². The van der Waals surface area contributed by atoms with Gasteiger partial charge in [-0.25, -0.2) is 13.1 Å². The number of rotatable bonds is 9. The minimum absolute atomic E-state index is 0.0540. The first-order chi connectivity index (χ1) is 14.8. The quantitative estimate of drug-likeness (QED) is 0.209. The number of amides is 1. The maximum absolute atomic E-state index is 12.3. The van der Waals surface area contributed by atoms with Gasteiger partial charge in [0.1, 0.15) is 0 Å². The number of nitro groups is 1. The fraction of sp³-hybridized carbons (Fsp3) is 0.150. The molecule has 0 aromatic heterocycles. The molecule has 0 fully saturated rings. The molecule has 0 aliphatic heterocycles. The highest BCUT2D eigenvalue weighted by atomic mass is 35.5. The second-order valence-electron chi connectivity index (χ2n) is 6.38. The van der Waals surface area contributed by atoms with Gasteiger partial charge in [0.25, 0.3) is 5.69 Å². The van der Waals surface area contributed by atoms with Gasteiger partial charge in [0.2, 0.25) is 15.9 Å². The lowest BCUT2D eigenvalue weighted by atomic mass is 10.1. The van der Waals surface area contributed by atoms with Crippen LogP contribution < -0.4 is 10.0 Å². The maximum atomic E-state index is 12.3. The number of benzene rings is 3. The van der Waals surface area contributed by atoms with Crippen molar-refractivity contribution in [3.8, 4) is 0 Å². The fourth-order valence-electron chi connectivity index (χ4n) is 2.81. The van der Waals surface area contributed by atoms with Crippen LogP contribution in [0.25, 0.3) is 10.8 Å². The van der Waals surface area contributed by atoms with E-state index in [4.69, 9.17) is 11.6 Å². The van der Waals surface area contributed by atoms with Gasteiger partial charge in [-0.1, -0.05) is 41.9 Å². The molecule has 3 aromatic rings. The molecule has 8 nitrogen and oxygen atoms in total. The van der Waals surface area contributed by atoms with Crippen molar-refractivity contribution < 1.29 is 18.1 Å². The number of sulfonamides is 1. The Morgan fingerprint density at radius 3 is 2.52 bits per heavy atom. The van der Waals surface area contributed by atoms with Crippen molar-refractivity contribution in [2.45, 2.75) is 9.79 Å². The second kappa shape index (κ2) is 10.1. The molecule has 0 spiro atoms. The minimum atomic E-state index is -3.92. The van der Waals surface area contributed by atoms with Crippen molar-refractivity contribution in [3.63, 3.8) is 0 Å². The highest BCUT2D eigenvalue weighted by Crippen LogP contribution is 2.33. The molecule has 0 atom stereocenters. The summed E-state index contributed by atoms with van der Waals surface area (Å²) >= 11 is 7.62. The molecule has 0 aliphatic carbocycles. The van der Waals surface area contributed by atoms with Crippen LogP contribution in [0.1, 0.15) is 0 Å². The van der Waals surface area contributed by atoms with Gasteiger partial charge in [0.15, 0.2) is 0 Å². The zero-order valence-corrected chi connectivity index (χ0v) is 18.5. The Kier molecular flexibility index (Phi) is 7.50. The van der Waals surface area contributed by atoms with E-state index >= 15 is 0 Å². The molecule has 0 heterocycles. The first kappa shape index (κ1) is 23.0. The van der Waals surface area contributed by atoms with Gasteiger partial charge >= 0.3 is 0 Å². The number of carbonyl (C=O) groups is 1. The third kappa shape index (κ3) is 5.95. The largest absolute Gasteiger partial charge is 0.354 e. The Bertz CT molecular complexity index is 1230. The number of fused-ring (bicyclic) bond motifs is 1. The molecule has 162 valence electrons. The third-order valence-corrected chi connectivity index (χ3v) is 7.08. The highest BCUT2D eigenvalue weighted by Gasteiger charge is 2.17. The van der Waals surface area contributed by atoms with E-state index in [1.165, 1.54) is 30.0 Å². The summed E-state index contributed by atoms with van der Waals surface area (Å²) < 4.78 is 26.8. The van der Waals surface area contributed by atoms with E-state index < -0.39 is 14.9 Å². The zero-order chi connectivity index (χ0) is 22.4. The third-order valence-electron chi connectivity index (χ3n) is 4.25. The van der Waals surface area contributed by atoms with Crippen LogP contribution in [0.3, 0.4) is 0 Å². The Hall–Kier alpha value is -2.66. The fourth-order valence-corrected chi connectivity index (χ4v) is 5.16. The molecular weight excluding hydrogens is 462 g/mol. The summed E-state index contributed by atoms with van der Waals surface area (Å²) in [6, 6.07) is 16.1. The topological polar surface area (TPSA) is 118 Å². The number of hydrogen-bond acceptors (Lipinski definition) is 6.